The van der Waals surface area contributed by atoms with E-state index in [4.69, 9.17) is 0 Å². The van der Waals surface area contributed by atoms with Crippen LogP contribution in [-0.2, 0) is 11.3 Å². The highest BCUT2D eigenvalue weighted by atomic mass is 16.2. The Morgan fingerprint density at radius 3 is 3.06 bits per heavy atom. The Hall–Kier alpha value is -1.65. The predicted octanol–water partition coefficient (Wildman–Crippen LogP) is 0.644. The van der Waals surface area contributed by atoms with E-state index in [1.165, 1.54) is 23.4 Å². The number of hydrogen-bond acceptors (Lipinski definition) is 3. The lowest BCUT2D eigenvalue weighted by Gasteiger charge is -2.33. The van der Waals surface area contributed by atoms with Crippen molar-refractivity contribution < 1.29 is 4.79 Å². The standard InChI is InChI=1S/C12H17N3O2/c1-10-5-2-3-8-14(10)12(17)9-15-11(16)6-4-7-13-15/h4,6-7,10H,2-3,5,8-9H2,1H3. The van der Waals surface area contributed by atoms with E-state index in [0.717, 1.165) is 19.4 Å². The van der Waals surface area contributed by atoms with Crippen molar-refractivity contribution in [3.05, 3.63) is 28.7 Å². The molecule has 5 heteroatoms. The summed E-state index contributed by atoms with van der Waals surface area (Å²) in [5.41, 5.74) is -0.231. The molecule has 1 saturated heterocycles. The Bertz CT molecular complexity index is 455. The van der Waals surface area contributed by atoms with E-state index in [-0.39, 0.29) is 24.1 Å². The number of likely N-dealkylation sites (tertiary alicyclic amines) is 1. The molecule has 1 aromatic rings. The van der Waals surface area contributed by atoms with Gasteiger partial charge in [-0.3, -0.25) is 9.59 Å². The smallest absolute Gasteiger partial charge is 0.267 e. The largest absolute Gasteiger partial charge is 0.338 e. The Kier molecular flexibility index (Phi) is 3.56. The van der Waals surface area contributed by atoms with Crippen LogP contribution < -0.4 is 5.56 Å². The SMILES string of the molecule is CC1CCCCN1C(=O)Cn1ncccc1=O. The second kappa shape index (κ2) is 5.12. The van der Waals surface area contributed by atoms with Gasteiger partial charge >= 0.3 is 0 Å². The highest BCUT2D eigenvalue weighted by Gasteiger charge is 2.23. The predicted molar refractivity (Wildman–Crippen MR) is 63.5 cm³/mol. The van der Waals surface area contributed by atoms with E-state index in [1.54, 1.807) is 6.07 Å². The molecule has 0 aromatic carbocycles. The van der Waals surface area contributed by atoms with E-state index < -0.39 is 0 Å². The summed E-state index contributed by atoms with van der Waals surface area (Å²) >= 11 is 0. The van der Waals surface area contributed by atoms with E-state index in [2.05, 4.69) is 12.0 Å². The molecule has 1 fully saturated rings. The molecule has 17 heavy (non-hydrogen) atoms. The third-order valence-corrected chi connectivity index (χ3v) is 3.19. The van der Waals surface area contributed by atoms with Crippen LogP contribution in [0.25, 0.3) is 0 Å². The van der Waals surface area contributed by atoms with Gasteiger partial charge in [-0.2, -0.15) is 5.10 Å². The van der Waals surface area contributed by atoms with Gasteiger partial charge < -0.3 is 4.90 Å². The van der Waals surface area contributed by atoms with Crippen LogP contribution in [0.5, 0.6) is 0 Å². The minimum absolute atomic E-state index is 0.0157. The lowest BCUT2D eigenvalue weighted by Crippen LogP contribution is -2.44. The summed E-state index contributed by atoms with van der Waals surface area (Å²) in [6, 6.07) is 3.27. The summed E-state index contributed by atoms with van der Waals surface area (Å²) in [5.74, 6) is -0.0157. The number of piperidine rings is 1. The number of hydrogen-bond donors (Lipinski definition) is 0. The van der Waals surface area contributed by atoms with Crippen molar-refractivity contribution in [3.63, 3.8) is 0 Å². The van der Waals surface area contributed by atoms with Gasteiger partial charge in [-0.25, -0.2) is 4.68 Å². The van der Waals surface area contributed by atoms with Crippen LogP contribution in [0.15, 0.2) is 23.1 Å². The number of amides is 1. The second-order valence-corrected chi connectivity index (χ2v) is 4.45. The van der Waals surface area contributed by atoms with Crippen LogP contribution in [0.3, 0.4) is 0 Å². The first-order chi connectivity index (χ1) is 8.18. The molecular weight excluding hydrogens is 218 g/mol. The van der Waals surface area contributed by atoms with Gasteiger partial charge in [-0.1, -0.05) is 0 Å². The van der Waals surface area contributed by atoms with Crippen molar-refractivity contribution in [1.29, 1.82) is 0 Å². The maximum Gasteiger partial charge on any atom is 0.267 e. The lowest BCUT2D eigenvalue weighted by atomic mass is 10.0. The summed E-state index contributed by atoms with van der Waals surface area (Å²) in [5, 5.41) is 3.89. The molecule has 1 aliphatic heterocycles. The second-order valence-electron chi connectivity index (χ2n) is 4.45. The van der Waals surface area contributed by atoms with E-state index in [1.807, 2.05) is 4.90 Å². The number of carbonyl (C=O) groups excluding carboxylic acids is 1. The summed E-state index contributed by atoms with van der Waals surface area (Å²) in [7, 11) is 0. The van der Waals surface area contributed by atoms with Crippen molar-refractivity contribution in [3.8, 4) is 0 Å². The molecule has 92 valence electrons. The van der Waals surface area contributed by atoms with Crippen LogP contribution in [-0.4, -0.2) is 33.2 Å². The molecule has 1 amide bonds. The molecular formula is C12H17N3O2. The summed E-state index contributed by atoms with van der Waals surface area (Å²) in [6.07, 6.45) is 4.79. The molecule has 0 spiro atoms. The third-order valence-electron chi connectivity index (χ3n) is 3.19. The van der Waals surface area contributed by atoms with Gasteiger partial charge in [0.2, 0.25) is 5.91 Å². The van der Waals surface area contributed by atoms with Gasteiger partial charge in [0.05, 0.1) is 0 Å². The molecule has 1 unspecified atom stereocenters. The van der Waals surface area contributed by atoms with Crippen LogP contribution in [0.1, 0.15) is 26.2 Å². The summed E-state index contributed by atoms with van der Waals surface area (Å²) < 4.78 is 1.21. The third kappa shape index (κ3) is 2.72. The number of rotatable bonds is 2. The first kappa shape index (κ1) is 11.8. The van der Waals surface area contributed by atoms with Crippen molar-refractivity contribution in [1.82, 2.24) is 14.7 Å². The average molecular weight is 235 g/mol. The van der Waals surface area contributed by atoms with E-state index in [9.17, 15) is 9.59 Å². The fourth-order valence-corrected chi connectivity index (χ4v) is 2.19. The maximum absolute atomic E-state index is 12.1. The Morgan fingerprint density at radius 2 is 2.35 bits per heavy atom. The fourth-order valence-electron chi connectivity index (χ4n) is 2.19. The van der Waals surface area contributed by atoms with Crippen LogP contribution >= 0.6 is 0 Å². The number of carbonyl (C=O) groups is 1. The zero-order valence-corrected chi connectivity index (χ0v) is 10.0. The minimum atomic E-state index is -0.231. The highest BCUT2D eigenvalue weighted by Crippen LogP contribution is 2.16. The molecule has 0 saturated carbocycles. The molecule has 2 heterocycles. The molecule has 0 aliphatic carbocycles. The fraction of sp³-hybridized carbons (Fsp3) is 0.583. The average Bonchev–Trinajstić information content (AvgIpc) is 2.32. The molecule has 0 radical (unpaired) electrons. The monoisotopic (exact) mass is 235 g/mol. The molecule has 2 rings (SSSR count). The van der Waals surface area contributed by atoms with Crippen LogP contribution in [0.2, 0.25) is 0 Å². The number of nitrogens with zero attached hydrogens (tertiary/aromatic N) is 3. The molecule has 1 atom stereocenters. The van der Waals surface area contributed by atoms with E-state index >= 15 is 0 Å². The Morgan fingerprint density at radius 1 is 1.53 bits per heavy atom. The van der Waals surface area contributed by atoms with Crippen molar-refractivity contribution in [2.45, 2.75) is 38.8 Å². The zero-order chi connectivity index (χ0) is 12.3. The first-order valence-electron chi connectivity index (χ1n) is 6.00. The summed E-state index contributed by atoms with van der Waals surface area (Å²) in [4.78, 5) is 25.4. The van der Waals surface area contributed by atoms with Crippen molar-refractivity contribution >= 4 is 5.91 Å². The molecule has 0 bridgehead atoms. The molecule has 0 N–H and O–H groups in total. The van der Waals surface area contributed by atoms with Gasteiger partial charge in [0, 0.05) is 24.8 Å². The zero-order valence-electron chi connectivity index (χ0n) is 10.0. The normalized spacial score (nSPS) is 20.3. The van der Waals surface area contributed by atoms with E-state index in [0.29, 0.717) is 0 Å². The van der Waals surface area contributed by atoms with Gasteiger partial charge in [-0.05, 0) is 32.3 Å². The highest BCUT2D eigenvalue weighted by molar-refractivity contribution is 5.76. The Balaban J connectivity index is 2.06. The lowest BCUT2D eigenvalue weighted by molar-refractivity contribution is -0.135. The summed E-state index contributed by atoms with van der Waals surface area (Å²) in [6.45, 7) is 2.89. The van der Waals surface area contributed by atoms with Crippen LogP contribution in [0, 0.1) is 0 Å². The number of aromatic nitrogens is 2. The van der Waals surface area contributed by atoms with Crippen molar-refractivity contribution in [2.24, 2.45) is 0 Å². The van der Waals surface area contributed by atoms with Gasteiger partial charge in [-0.15, -0.1) is 0 Å². The Labute approximate surface area is 100 Å². The van der Waals surface area contributed by atoms with Crippen LogP contribution in [0.4, 0.5) is 0 Å². The molecule has 1 aromatic heterocycles. The quantitative estimate of drug-likeness (QED) is 0.756. The van der Waals surface area contributed by atoms with Gasteiger partial charge in [0.25, 0.3) is 5.56 Å². The topological polar surface area (TPSA) is 55.2 Å². The first-order valence-corrected chi connectivity index (χ1v) is 6.00. The van der Waals surface area contributed by atoms with Gasteiger partial charge in [0.15, 0.2) is 0 Å². The molecule has 1 aliphatic rings. The minimum Gasteiger partial charge on any atom is -0.338 e. The van der Waals surface area contributed by atoms with Gasteiger partial charge in [0.1, 0.15) is 6.54 Å². The molecule has 5 nitrogen and oxygen atoms in total. The van der Waals surface area contributed by atoms with Crippen molar-refractivity contribution in [2.75, 3.05) is 6.54 Å². The maximum atomic E-state index is 12.1.